The van der Waals surface area contributed by atoms with Crippen LogP contribution in [0.1, 0.15) is 20.7 Å². The maximum absolute atomic E-state index is 12.4. The quantitative estimate of drug-likeness (QED) is 0.318. The van der Waals surface area contributed by atoms with Gasteiger partial charge in [0, 0.05) is 28.7 Å². The lowest BCUT2D eigenvalue weighted by molar-refractivity contribution is -0.385. The van der Waals surface area contributed by atoms with Gasteiger partial charge >= 0.3 is 5.97 Å². The molecule has 0 saturated heterocycles. The van der Waals surface area contributed by atoms with E-state index in [2.05, 4.69) is 4.98 Å². The van der Waals surface area contributed by atoms with Crippen molar-refractivity contribution in [2.24, 2.45) is 0 Å². The van der Waals surface area contributed by atoms with E-state index in [1.54, 1.807) is 12.1 Å². The highest BCUT2D eigenvalue weighted by Crippen LogP contribution is 2.38. The smallest absolute Gasteiger partial charge is 0.345 e. The average Bonchev–Trinajstić information content (AvgIpc) is 3.30. The lowest BCUT2D eigenvalue weighted by Gasteiger charge is -2.06. The van der Waals surface area contributed by atoms with Crippen molar-refractivity contribution in [3.63, 3.8) is 0 Å². The van der Waals surface area contributed by atoms with Crippen LogP contribution in [0.4, 0.5) is 5.69 Å². The molecule has 9 heteroatoms. The van der Waals surface area contributed by atoms with Crippen LogP contribution in [-0.2, 0) is 4.74 Å². The third-order valence-corrected chi connectivity index (χ3v) is 4.13. The number of hydrogen-bond donors (Lipinski definition) is 1. The van der Waals surface area contributed by atoms with Crippen molar-refractivity contribution in [2.75, 3.05) is 13.4 Å². The van der Waals surface area contributed by atoms with Gasteiger partial charge in [0.05, 0.1) is 11.0 Å². The predicted molar refractivity (Wildman–Crippen MR) is 92.1 cm³/mol. The minimum Gasteiger partial charge on any atom is -0.454 e. The van der Waals surface area contributed by atoms with Gasteiger partial charge in [0.25, 0.3) is 5.69 Å². The third-order valence-electron chi connectivity index (χ3n) is 4.13. The molecule has 0 aliphatic carbocycles. The van der Waals surface area contributed by atoms with E-state index in [4.69, 9.17) is 14.2 Å². The van der Waals surface area contributed by atoms with Crippen LogP contribution in [0.5, 0.6) is 11.5 Å². The standard InChI is InChI=1S/C18H12N2O7/c21-15(12-7-19-13-4-2-1-3-10(12)13)8-25-18(22)11-5-16-17(27-9-26-16)6-14(11)20(23)24/h1-7,19H,8-9H2. The number of para-hydroxylation sites is 1. The van der Waals surface area contributed by atoms with Gasteiger partial charge in [-0.05, 0) is 6.07 Å². The highest BCUT2D eigenvalue weighted by molar-refractivity contribution is 6.09. The maximum atomic E-state index is 12.4. The van der Waals surface area contributed by atoms with Gasteiger partial charge < -0.3 is 19.2 Å². The molecular formula is C18H12N2O7. The molecule has 0 radical (unpaired) electrons. The summed E-state index contributed by atoms with van der Waals surface area (Å²) in [6.45, 7) is -0.643. The highest BCUT2D eigenvalue weighted by atomic mass is 16.7. The molecule has 2 heterocycles. The van der Waals surface area contributed by atoms with E-state index in [-0.39, 0.29) is 23.9 Å². The van der Waals surface area contributed by atoms with Gasteiger partial charge in [-0.15, -0.1) is 0 Å². The molecule has 0 fully saturated rings. The molecule has 4 rings (SSSR count). The minimum atomic E-state index is -0.992. The number of hydrogen-bond acceptors (Lipinski definition) is 7. The second kappa shape index (κ2) is 6.45. The molecule has 0 amide bonds. The number of aromatic amines is 1. The summed E-state index contributed by atoms with van der Waals surface area (Å²) >= 11 is 0. The second-order valence-electron chi connectivity index (χ2n) is 5.73. The molecule has 0 saturated carbocycles. The van der Waals surface area contributed by atoms with Crippen LogP contribution in [0.2, 0.25) is 0 Å². The second-order valence-corrected chi connectivity index (χ2v) is 5.73. The highest BCUT2D eigenvalue weighted by Gasteiger charge is 2.28. The first-order valence-corrected chi connectivity index (χ1v) is 7.89. The molecule has 1 aromatic heterocycles. The fourth-order valence-electron chi connectivity index (χ4n) is 2.83. The van der Waals surface area contributed by atoms with Crippen molar-refractivity contribution in [2.45, 2.75) is 0 Å². The number of nitro benzene ring substituents is 1. The van der Waals surface area contributed by atoms with E-state index >= 15 is 0 Å². The molecule has 0 atom stereocenters. The zero-order valence-electron chi connectivity index (χ0n) is 13.8. The number of H-pyrrole nitrogens is 1. The van der Waals surface area contributed by atoms with Crippen LogP contribution in [0.15, 0.2) is 42.6 Å². The van der Waals surface area contributed by atoms with E-state index in [9.17, 15) is 19.7 Å². The number of ketones is 1. The number of nitrogens with one attached hydrogen (secondary N) is 1. The lowest BCUT2D eigenvalue weighted by atomic mass is 10.1. The predicted octanol–water partition coefficient (Wildman–Crippen LogP) is 2.84. The Morgan fingerprint density at radius 2 is 1.89 bits per heavy atom. The van der Waals surface area contributed by atoms with Crippen LogP contribution >= 0.6 is 0 Å². The molecular weight excluding hydrogens is 356 g/mol. The molecule has 1 aliphatic rings. The van der Waals surface area contributed by atoms with E-state index in [1.165, 1.54) is 12.3 Å². The first kappa shape index (κ1) is 16.6. The summed E-state index contributed by atoms with van der Waals surface area (Å²) in [5.41, 5.74) is 0.358. The monoisotopic (exact) mass is 368 g/mol. The molecule has 1 aliphatic heterocycles. The van der Waals surface area contributed by atoms with Gasteiger partial charge in [0.1, 0.15) is 5.56 Å². The summed E-state index contributed by atoms with van der Waals surface area (Å²) < 4.78 is 15.2. The molecule has 3 aromatic rings. The van der Waals surface area contributed by atoms with Crippen molar-refractivity contribution >= 4 is 28.3 Å². The Hall–Kier alpha value is -3.88. The van der Waals surface area contributed by atoms with Crippen molar-refractivity contribution < 1.29 is 28.7 Å². The van der Waals surface area contributed by atoms with Crippen LogP contribution in [0.3, 0.4) is 0 Å². The van der Waals surface area contributed by atoms with Crippen LogP contribution < -0.4 is 9.47 Å². The Labute approximate surface area is 151 Å². The Kier molecular flexibility index (Phi) is 3.96. The van der Waals surface area contributed by atoms with Crippen molar-refractivity contribution in [1.82, 2.24) is 4.98 Å². The molecule has 2 aromatic carbocycles. The number of Topliss-reactive ketones (excluding diaryl/α,β-unsaturated/α-hetero) is 1. The number of carbonyl (C=O) groups excluding carboxylic acids is 2. The van der Waals surface area contributed by atoms with Crippen LogP contribution in [0, 0.1) is 10.1 Å². The van der Waals surface area contributed by atoms with E-state index in [0.29, 0.717) is 10.9 Å². The van der Waals surface area contributed by atoms with Gasteiger partial charge in [0.2, 0.25) is 12.6 Å². The number of aromatic nitrogens is 1. The molecule has 0 unspecified atom stereocenters. The van der Waals surface area contributed by atoms with Crippen molar-refractivity contribution in [3.05, 3.63) is 63.8 Å². The normalized spacial score (nSPS) is 12.1. The number of rotatable bonds is 5. The first-order chi connectivity index (χ1) is 13.0. The Balaban J connectivity index is 1.54. The number of ether oxygens (including phenoxy) is 3. The number of benzene rings is 2. The number of fused-ring (bicyclic) bond motifs is 2. The van der Waals surface area contributed by atoms with Gasteiger partial charge in [-0.1, -0.05) is 18.2 Å². The molecule has 0 bridgehead atoms. The Bertz CT molecular complexity index is 1090. The SMILES string of the molecule is O=C(OCC(=O)c1c[nH]c2ccccc12)c1cc2c(cc1[N+](=O)[O-])OCO2. The summed E-state index contributed by atoms with van der Waals surface area (Å²) in [7, 11) is 0. The molecule has 0 spiro atoms. The summed E-state index contributed by atoms with van der Waals surface area (Å²) in [5.74, 6) is -1.04. The van der Waals surface area contributed by atoms with Crippen LogP contribution in [-0.4, -0.2) is 35.1 Å². The summed E-state index contributed by atoms with van der Waals surface area (Å²) in [4.78, 5) is 38.2. The van der Waals surface area contributed by atoms with Crippen molar-refractivity contribution in [1.29, 1.82) is 0 Å². The van der Waals surface area contributed by atoms with E-state index in [1.807, 2.05) is 12.1 Å². The lowest BCUT2D eigenvalue weighted by Crippen LogP contribution is -2.15. The first-order valence-electron chi connectivity index (χ1n) is 7.89. The summed E-state index contributed by atoms with van der Waals surface area (Å²) in [6.07, 6.45) is 1.53. The fraction of sp³-hybridized carbons (Fsp3) is 0.111. The summed E-state index contributed by atoms with van der Waals surface area (Å²) in [6, 6.07) is 9.47. The maximum Gasteiger partial charge on any atom is 0.345 e. The van der Waals surface area contributed by atoms with Crippen LogP contribution in [0.25, 0.3) is 10.9 Å². The number of nitrogens with zero attached hydrogens (tertiary/aromatic N) is 1. The van der Waals surface area contributed by atoms with Gasteiger partial charge in [-0.3, -0.25) is 14.9 Å². The molecule has 9 nitrogen and oxygen atoms in total. The summed E-state index contributed by atoms with van der Waals surface area (Å²) in [5, 5.41) is 11.9. The zero-order valence-corrected chi connectivity index (χ0v) is 13.8. The topological polar surface area (TPSA) is 121 Å². The fourth-order valence-corrected chi connectivity index (χ4v) is 2.83. The van der Waals surface area contributed by atoms with Gasteiger partial charge in [0.15, 0.2) is 18.1 Å². The number of carbonyl (C=O) groups is 2. The molecule has 1 N–H and O–H groups in total. The number of nitro groups is 1. The zero-order chi connectivity index (χ0) is 19.0. The van der Waals surface area contributed by atoms with Gasteiger partial charge in [-0.2, -0.15) is 0 Å². The Morgan fingerprint density at radius 1 is 1.15 bits per heavy atom. The number of esters is 1. The van der Waals surface area contributed by atoms with Crippen molar-refractivity contribution in [3.8, 4) is 11.5 Å². The molecule has 136 valence electrons. The average molecular weight is 368 g/mol. The van der Waals surface area contributed by atoms with Gasteiger partial charge in [-0.25, -0.2) is 4.79 Å². The van der Waals surface area contributed by atoms with E-state index in [0.717, 1.165) is 11.6 Å². The minimum absolute atomic E-state index is 0.0932. The third kappa shape index (κ3) is 2.95. The van der Waals surface area contributed by atoms with E-state index < -0.39 is 29.0 Å². The largest absolute Gasteiger partial charge is 0.454 e. The molecule has 27 heavy (non-hydrogen) atoms. The Morgan fingerprint density at radius 3 is 2.67 bits per heavy atom.